The fourth-order valence-electron chi connectivity index (χ4n) is 4.24. The largest absolute Gasteiger partial charge is 0.342 e. The Labute approximate surface area is 153 Å². The molecule has 4 rings (SSSR count). The van der Waals surface area contributed by atoms with Crippen LogP contribution in [0.1, 0.15) is 49.9 Å². The average Bonchev–Trinajstić information content (AvgIpc) is 3.28. The Kier molecular flexibility index (Phi) is 4.42. The van der Waals surface area contributed by atoms with Crippen molar-refractivity contribution in [1.82, 2.24) is 19.8 Å². The first-order valence-electron chi connectivity index (χ1n) is 9.58. The molecule has 26 heavy (non-hydrogen) atoms. The Bertz CT molecular complexity index is 835. The summed E-state index contributed by atoms with van der Waals surface area (Å²) in [5.74, 6) is 1.58. The number of hydrogen-bond donors (Lipinski definition) is 1. The van der Waals surface area contributed by atoms with Crippen LogP contribution in [0.3, 0.4) is 0 Å². The van der Waals surface area contributed by atoms with Gasteiger partial charge in [0.2, 0.25) is 11.8 Å². The van der Waals surface area contributed by atoms with Crippen molar-refractivity contribution in [2.75, 3.05) is 19.6 Å². The molecule has 1 unspecified atom stereocenters. The monoisotopic (exact) mass is 354 g/mol. The number of rotatable bonds is 3. The van der Waals surface area contributed by atoms with E-state index in [1.54, 1.807) is 4.90 Å². The Morgan fingerprint density at radius 2 is 2.04 bits per heavy atom. The van der Waals surface area contributed by atoms with Crippen LogP contribution in [0.2, 0.25) is 0 Å². The maximum atomic E-state index is 12.8. The van der Waals surface area contributed by atoms with Gasteiger partial charge >= 0.3 is 0 Å². The number of para-hydroxylation sites is 1. The van der Waals surface area contributed by atoms with E-state index in [9.17, 15) is 9.59 Å². The summed E-state index contributed by atoms with van der Waals surface area (Å²) in [5.41, 5.74) is 3.31. The van der Waals surface area contributed by atoms with Crippen LogP contribution in [0.15, 0.2) is 18.2 Å². The minimum Gasteiger partial charge on any atom is -0.342 e. The Hall–Kier alpha value is -2.37. The Balaban J connectivity index is 1.41. The second-order valence-electron chi connectivity index (χ2n) is 7.56. The van der Waals surface area contributed by atoms with Gasteiger partial charge in [0, 0.05) is 32.0 Å². The van der Waals surface area contributed by atoms with Crippen LogP contribution in [0, 0.1) is 6.92 Å². The lowest BCUT2D eigenvalue weighted by molar-refractivity contribution is -0.143. The lowest BCUT2D eigenvalue weighted by atomic mass is 9.95. The van der Waals surface area contributed by atoms with Gasteiger partial charge in [-0.15, -0.1) is 0 Å². The Morgan fingerprint density at radius 1 is 1.27 bits per heavy atom. The van der Waals surface area contributed by atoms with Crippen molar-refractivity contribution < 1.29 is 9.59 Å². The molecular weight excluding hydrogens is 328 g/mol. The molecule has 6 nitrogen and oxygen atoms in total. The number of hydrogen-bond acceptors (Lipinski definition) is 3. The summed E-state index contributed by atoms with van der Waals surface area (Å²) in [4.78, 5) is 36.6. The Morgan fingerprint density at radius 3 is 2.69 bits per heavy atom. The van der Waals surface area contributed by atoms with E-state index in [4.69, 9.17) is 4.98 Å². The second-order valence-corrected chi connectivity index (χ2v) is 7.56. The number of aryl methyl sites for hydroxylation is 1. The summed E-state index contributed by atoms with van der Waals surface area (Å²) >= 11 is 0. The van der Waals surface area contributed by atoms with Gasteiger partial charge in [-0.2, -0.15) is 0 Å². The van der Waals surface area contributed by atoms with Gasteiger partial charge in [-0.25, -0.2) is 4.98 Å². The molecule has 0 saturated carbocycles. The zero-order valence-electron chi connectivity index (χ0n) is 15.5. The number of likely N-dealkylation sites (tertiary alicyclic amines) is 2. The molecule has 3 heterocycles. The molecule has 138 valence electrons. The molecule has 2 aliphatic heterocycles. The number of amides is 2. The summed E-state index contributed by atoms with van der Waals surface area (Å²) < 4.78 is 0. The average molecular weight is 354 g/mol. The van der Waals surface area contributed by atoms with Crippen molar-refractivity contribution in [2.24, 2.45) is 0 Å². The zero-order chi connectivity index (χ0) is 18.3. The lowest BCUT2D eigenvalue weighted by Gasteiger charge is -2.35. The molecule has 0 radical (unpaired) electrons. The van der Waals surface area contributed by atoms with Crippen molar-refractivity contribution in [3.63, 3.8) is 0 Å². The van der Waals surface area contributed by atoms with Gasteiger partial charge in [-0.05, 0) is 44.7 Å². The molecular formula is C20H26N4O2. The molecule has 1 aromatic heterocycles. The van der Waals surface area contributed by atoms with Crippen LogP contribution in [0.5, 0.6) is 0 Å². The number of nitrogens with one attached hydrogen (secondary N) is 1. The molecule has 2 saturated heterocycles. The molecule has 0 aliphatic carbocycles. The number of benzene rings is 1. The minimum absolute atomic E-state index is 0.0825. The number of aromatic nitrogens is 2. The van der Waals surface area contributed by atoms with E-state index < -0.39 is 0 Å². The van der Waals surface area contributed by atoms with Gasteiger partial charge in [0.1, 0.15) is 11.9 Å². The zero-order valence-corrected chi connectivity index (χ0v) is 15.5. The lowest BCUT2D eigenvalue weighted by Crippen LogP contribution is -2.49. The van der Waals surface area contributed by atoms with Gasteiger partial charge in [0.15, 0.2) is 0 Å². The number of H-pyrrole nitrogens is 1. The van der Waals surface area contributed by atoms with Gasteiger partial charge in [0.25, 0.3) is 0 Å². The molecule has 1 atom stereocenters. The van der Waals surface area contributed by atoms with Crippen molar-refractivity contribution >= 4 is 22.8 Å². The highest BCUT2D eigenvalue weighted by molar-refractivity contribution is 5.88. The number of piperidine rings is 1. The summed E-state index contributed by atoms with van der Waals surface area (Å²) in [6, 6.07) is 5.85. The minimum atomic E-state index is -0.338. The first-order chi connectivity index (χ1) is 12.5. The van der Waals surface area contributed by atoms with Gasteiger partial charge < -0.3 is 14.8 Å². The maximum Gasteiger partial charge on any atom is 0.245 e. The predicted molar refractivity (Wildman–Crippen MR) is 99.8 cm³/mol. The molecule has 0 spiro atoms. The molecule has 2 aromatic rings. The number of fused-ring (bicyclic) bond motifs is 1. The highest BCUT2D eigenvalue weighted by atomic mass is 16.2. The van der Waals surface area contributed by atoms with E-state index in [2.05, 4.69) is 24.0 Å². The first-order valence-corrected chi connectivity index (χ1v) is 9.58. The third-order valence-electron chi connectivity index (χ3n) is 5.86. The fourth-order valence-corrected chi connectivity index (χ4v) is 4.24. The van der Waals surface area contributed by atoms with Gasteiger partial charge in [0.05, 0.1) is 11.0 Å². The van der Waals surface area contributed by atoms with E-state index in [-0.39, 0.29) is 17.9 Å². The van der Waals surface area contributed by atoms with Crippen LogP contribution < -0.4 is 0 Å². The van der Waals surface area contributed by atoms with Crippen molar-refractivity contribution in [2.45, 2.75) is 51.5 Å². The van der Waals surface area contributed by atoms with E-state index in [1.165, 1.54) is 5.56 Å². The van der Waals surface area contributed by atoms with Crippen molar-refractivity contribution in [3.05, 3.63) is 29.6 Å². The van der Waals surface area contributed by atoms with Gasteiger partial charge in [-0.1, -0.05) is 12.1 Å². The number of aromatic amines is 1. The molecule has 2 amide bonds. The summed E-state index contributed by atoms with van der Waals surface area (Å²) in [6.07, 6.45) is 3.26. The van der Waals surface area contributed by atoms with Crippen LogP contribution in [0.4, 0.5) is 0 Å². The first kappa shape index (κ1) is 17.1. The molecule has 1 N–H and O–H groups in total. The fraction of sp³-hybridized carbons (Fsp3) is 0.550. The number of nitrogens with zero attached hydrogens (tertiary/aromatic N) is 3. The number of carbonyl (C=O) groups excluding carboxylic acids is 2. The maximum absolute atomic E-state index is 12.8. The topological polar surface area (TPSA) is 69.3 Å². The highest BCUT2D eigenvalue weighted by Crippen LogP contribution is 2.29. The van der Waals surface area contributed by atoms with Crippen molar-refractivity contribution in [1.29, 1.82) is 0 Å². The molecule has 0 bridgehead atoms. The quantitative estimate of drug-likeness (QED) is 0.921. The van der Waals surface area contributed by atoms with E-state index in [0.717, 1.165) is 49.2 Å². The number of imidazole rings is 1. The molecule has 2 fully saturated rings. The predicted octanol–water partition coefficient (Wildman–Crippen LogP) is 2.59. The normalized spacial score (nSPS) is 20.2. The molecule has 6 heteroatoms. The van der Waals surface area contributed by atoms with E-state index in [0.29, 0.717) is 18.9 Å². The van der Waals surface area contributed by atoms with Crippen molar-refractivity contribution in [3.8, 4) is 0 Å². The highest BCUT2D eigenvalue weighted by Gasteiger charge is 2.34. The summed E-state index contributed by atoms with van der Waals surface area (Å²) in [6.45, 7) is 6.10. The standard InChI is InChI=1S/C20H26N4O2/c1-13-5-3-6-16-18(13)22-19(21-16)15-8-11-23(12-9-15)20(26)14(2)24-10-4-7-17(24)25/h3,5-6,14-15H,4,7-12H2,1-2H3,(H,21,22). The third-order valence-corrected chi connectivity index (χ3v) is 5.86. The molecule has 2 aliphatic rings. The van der Waals surface area contributed by atoms with Crippen LogP contribution in [0.25, 0.3) is 11.0 Å². The molecule has 1 aromatic carbocycles. The smallest absolute Gasteiger partial charge is 0.245 e. The van der Waals surface area contributed by atoms with E-state index in [1.807, 2.05) is 17.9 Å². The van der Waals surface area contributed by atoms with E-state index >= 15 is 0 Å². The second kappa shape index (κ2) is 6.74. The van der Waals surface area contributed by atoms with Crippen LogP contribution in [-0.2, 0) is 9.59 Å². The van der Waals surface area contributed by atoms with Crippen LogP contribution in [-0.4, -0.2) is 57.3 Å². The van der Waals surface area contributed by atoms with Crippen LogP contribution >= 0.6 is 0 Å². The summed E-state index contributed by atoms with van der Waals surface area (Å²) in [5, 5.41) is 0. The number of carbonyl (C=O) groups is 2. The SMILES string of the molecule is Cc1cccc2[nH]c(C3CCN(C(=O)C(C)N4CCCC4=O)CC3)nc12. The third kappa shape index (κ3) is 2.97. The van der Waals surface area contributed by atoms with Gasteiger partial charge in [-0.3, -0.25) is 9.59 Å². The summed E-state index contributed by atoms with van der Waals surface area (Å²) in [7, 11) is 0.